The fraction of sp³-hybridized carbons (Fsp3) is 0. The molecule has 4 aromatic rings. The van der Waals surface area contributed by atoms with Gasteiger partial charge in [-0.25, -0.2) is 9.97 Å². The number of imidazole rings is 1. The zero-order valence-corrected chi connectivity index (χ0v) is 12.7. The lowest BCUT2D eigenvalue weighted by molar-refractivity contribution is 1.29. The van der Waals surface area contributed by atoms with Gasteiger partial charge in [0.1, 0.15) is 5.82 Å². The smallest absolute Gasteiger partial charge is 0.178 e. The quantitative estimate of drug-likeness (QED) is 0.548. The van der Waals surface area contributed by atoms with Crippen molar-refractivity contribution in [3.05, 3.63) is 59.9 Å². The van der Waals surface area contributed by atoms with E-state index in [2.05, 4.69) is 19.9 Å². The van der Waals surface area contributed by atoms with Gasteiger partial charge in [0.15, 0.2) is 5.65 Å². The molecule has 0 atom stereocenters. The van der Waals surface area contributed by atoms with Crippen molar-refractivity contribution in [3.8, 4) is 22.6 Å². The van der Waals surface area contributed by atoms with Crippen LogP contribution in [0.2, 0.25) is 5.02 Å². The zero-order chi connectivity index (χ0) is 15.8. The minimum atomic E-state index is 0.579. The number of nitrogens with two attached hydrogens (primary N) is 1. The van der Waals surface area contributed by atoms with E-state index in [1.807, 2.05) is 30.3 Å². The Kier molecular flexibility index (Phi) is 3.20. The van der Waals surface area contributed by atoms with Gasteiger partial charge in [-0.2, -0.15) is 0 Å². The molecule has 0 unspecified atom stereocenters. The van der Waals surface area contributed by atoms with E-state index in [1.165, 1.54) is 0 Å². The maximum absolute atomic E-state index is 6.24. The van der Waals surface area contributed by atoms with Crippen LogP contribution in [0.3, 0.4) is 0 Å². The molecule has 0 bridgehead atoms. The number of nitrogen functional groups attached to an aromatic ring is 1. The van der Waals surface area contributed by atoms with E-state index >= 15 is 0 Å². The van der Waals surface area contributed by atoms with Crippen LogP contribution in [0.15, 0.2) is 54.9 Å². The van der Waals surface area contributed by atoms with Crippen molar-refractivity contribution in [2.45, 2.75) is 0 Å². The van der Waals surface area contributed by atoms with Crippen LogP contribution in [0.25, 0.3) is 33.8 Å². The van der Waals surface area contributed by atoms with Crippen molar-refractivity contribution in [3.63, 3.8) is 0 Å². The molecule has 0 amide bonds. The molecule has 0 fully saturated rings. The Labute approximate surface area is 137 Å². The molecule has 5 nitrogen and oxygen atoms in total. The monoisotopic (exact) mass is 321 g/mol. The van der Waals surface area contributed by atoms with Gasteiger partial charge in [-0.05, 0) is 42.5 Å². The number of aromatic nitrogens is 4. The summed E-state index contributed by atoms with van der Waals surface area (Å²) in [5.74, 6) is 0.708. The first-order valence-corrected chi connectivity index (χ1v) is 7.41. The molecule has 3 aromatic heterocycles. The van der Waals surface area contributed by atoms with Gasteiger partial charge in [0.05, 0.1) is 16.2 Å². The molecule has 6 heteroatoms. The van der Waals surface area contributed by atoms with Crippen LogP contribution in [0, 0.1) is 0 Å². The van der Waals surface area contributed by atoms with Gasteiger partial charge in [-0.15, -0.1) is 0 Å². The number of rotatable bonds is 2. The lowest BCUT2D eigenvalue weighted by Gasteiger charge is -2.07. The third kappa shape index (κ3) is 2.51. The molecule has 3 heterocycles. The Morgan fingerprint density at radius 3 is 2.57 bits per heavy atom. The minimum absolute atomic E-state index is 0.579. The SMILES string of the molecule is Nc1cc(-c2nc3ncccc3[nH]2)cc(-c2ncccc2Cl)c1. The molecule has 0 aliphatic heterocycles. The molecule has 1 aromatic carbocycles. The van der Waals surface area contributed by atoms with Crippen LogP contribution >= 0.6 is 11.6 Å². The molecule has 112 valence electrons. The third-order valence-corrected chi connectivity index (χ3v) is 3.82. The Hall–Kier alpha value is -2.92. The van der Waals surface area contributed by atoms with Crippen molar-refractivity contribution in [2.75, 3.05) is 5.73 Å². The lowest BCUT2D eigenvalue weighted by atomic mass is 10.1. The molecule has 0 aliphatic rings. The summed E-state index contributed by atoms with van der Waals surface area (Å²) < 4.78 is 0. The van der Waals surface area contributed by atoms with Crippen LogP contribution in [-0.4, -0.2) is 19.9 Å². The van der Waals surface area contributed by atoms with Crippen LogP contribution in [-0.2, 0) is 0 Å². The predicted octanol–water partition coefficient (Wildman–Crippen LogP) is 3.92. The highest BCUT2D eigenvalue weighted by molar-refractivity contribution is 6.33. The number of nitrogens with one attached hydrogen (secondary N) is 1. The van der Waals surface area contributed by atoms with Crippen molar-refractivity contribution in [1.82, 2.24) is 19.9 Å². The summed E-state index contributed by atoms with van der Waals surface area (Å²) in [7, 11) is 0. The summed E-state index contributed by atoms with van der Waals surface area (Å²) in [6.07, 6.45) is 3.42. The number of aromatic amines is 1. The number of hydrogen-bond donors (Lipinski definition) is 2. The van der Waals surface area contributed by atoms with Gasteiger partial charge in [0.2, 0.25) is 0 Å². The second-order valence-corrected chi connectivity index (χ2v) is 5.54. The average Bonchev–Trinajstić information content (AvgIpc) is 2.99. The van der Waals surface area contributed by atoms with Gasteiger partial charge in [-0.1, -0.05) is 11.6 Å². The molecule has 0 radical (unpaired) electrons. The lowest BCUT2D eigenvalue weighted by Crippen LogP contribution is -1.91. The second kappa shape index (κ2) is 5.37. The van der Waals surface area contributed by atoms with E-state index in [9.17, 15) is 0 Å². The van der Waals surface area contributed by atoms with E-state index in [0.717, 1.165) is 16.6 Å². The van der Waals surface area contributed by atoms with E-state index in [0.29, 0.717) is 27.9 Å². The maximum Gasteiger partial charge on any atom is 0.178 e. The van der Waals surface area contributed by atoms with Gasteiger partial charge in [-0.3, -0.25) is 4.98 Å². The molecular formula is C17H12ClN5. The van der Waals surface area contributed by atoms with Crippen molar-refractivity contribution >= 4 is 28.5 Å². The van der Waals surface area contributed by atoms with E-state index in [4.69, 9.17) is 17.3 Å². The van der Waals surface area contributed by atoms with Crippen molar-refractivity contribution < 1.29 is 0 Å². The fourth-order valence-corrected chi connectivity index (χ4v) is 2.74. The number of halogens is 1. The van der Waals surface area contributed by atoms with Crippen molar-refractivity contribution in [2.24, 2.45) is 0 Å². The third-order valence-electron chi connectivity index (χ3n) is 3.52. The number of nitrogens with zero attached hydrogens (tertiary/aromatic N) is 3. The Balaban J connectivity index is 1.88. The van der Waals surface area contributed by atoms with Crippen molar-refractivity contribution in [1.29, 1.82) is 0 Å². The fourth-order valence-electron chi connectivity index (χ4n) is 2.50. The predicted molar refractivity (Wildman–Crippen MR) is 92.0 cm³/mol. The highest BCUT2D eigenvalue weighted by Crippen LogP contribution is 2.31. The minimum Gasteiger partial charge on any atom is -0.399 e. The first-order valence-electron chi connectivity index (χ1n) is 7.03. The first-order chi connectivity index (χ1) is 11.2. The summed E-state index contributed by atoms with van der Waals surface area (Å²) in [5.41, 5.74) is 10.6. The molecule has 4 rings (SSSR count). The first kappa shape index (κ1) is 13.7. The largest absolute Gasteiger partial charge is 0.399 e. The Morgan fingerprint density at radius 2 is 1.74 bits per heavy atom. The maximum atomic E-state index is 6.24. The summed E-state index contributed by atoms with van der Waals surface area (Å²) >= 11 is 6.24. The number of anilines is 1. The summed E-state index contributed by atoms with van der Waals surface area (Å²) in [6.45, 7) is 0. The van der Waals surface area contributed by atoms with E-state index in [1.54, 1.807) is 24.5 Å². The van der Waals surface area contributed by atoms with E-state index < -0.39 is 0 Å². The molecule has 0 aliphatic carbocycles. The van der Waals surface area contributed by atoms with Gasteiger partial charge in [0.25, 0.3) is 0 Å². The summed E-state index contributed by atoms with van der Waals surface area (Å²) in [5, 5.41) is 0.579. The summed E-state index contributed by atoms with van der Waals surface area (Å²) in [6, 6.07) is 13.1. The zero-order valence-electron chi connectivity index (χ0n) is 12.0. The molecule has 0 saturated carbocycles. The van der Waals surface area contributed by atoms with Crippen LogP contribution in [0.1, 0.15) is 0 Å². The highest BCUT2D eigenvalue weighted by Gasteiger charge is 2.11. The number of pyridine rings is 2. The molecular weight excluding hydrogens is 310 g/mol. The molecule has 23 heavy (non-hydrogen) atoms. The van der Waals surface area contributed by atoms with Crippen LogP contribution < -0.4 is 5.73 Å². The Morgan fingerprint density at radius 1 is 0.957 bits per heavy atom. The average molecular weight is 322 g/mol. The molecule has 0 saturated heterocycles. The van der Waals surface area contributed by atoms with Gasteiger partial charge in [0, 0.05) is 29.2 Å². The topological polar surface area (TPSA) is 80.5 Å². The van der Waals surface area contributed by atoms with Crippen LogP contribution in [0.4, 0.5) is 5.69 Å². The number of benzene rings is 1. The van der Waals surface area contributed by atoms with Gasteiger partial charge < -0.3 is 10.7 Å². The number of H-pyrrole nitrogens is 1. The van der Waals surface area contributed by atoms with Crippen LogP contribution in [0.5, 0.6) is 0 Å². The number of fused-ring (bicyclic) bond motifs is 1. The van der Waals surface area contributed by atoms with Gasteiger partial charge >= 0.3 is 0 Å². The normalized spacial score (nSPS) is 11.0. The summed E-state index contributed by atoms with van der Waals surface area (Å²) in [4.78, 5) is 16.3. The molecule has 0 spiro atoms. The second-order valence-electron chi connectivity index (χ2n) is 5.14. The highest BCUT2D eigenvalue weighted by atomic mass is 35.5. The Bertz CT molecular complexity index is 976. The number of hydrogen-bond acceptors (Lipinski definition) is 4. The molecule has 3 N–H and O–H groups in total. The standard InChI is InChI=1S/C17H12ClN5/c18-13-3-1-5-20-15(13)10-7-11(9-12(19)8-10)16-22-14-4-2-6-21-17(14)23-16/h1-9H,19H2,(H,21,22,23). The van der Waals surface area contributed by atoms with E-state index in [-0.39, 0.29) is 0 Å².